The normalized spacial score (nSPS) is 22.5. The number of methoxy groups -OCH3 is 1. The summed E-state index contributed by atoms with van der Waals surface area (Å²) >= 11 is 0. The summed E-state index contributed by atoms with van der Waals surface area (Å²) in [7, 11) is 1.08. The number of hydrogen-bond acceptors (Lipinski definition) is 14. The zero-order chi connectivity index (χ0) is 32.6. The molecule has 1 rings (SSSR count). The van der Waals surface area contributed by atoms with Crippen molar-refractivity contribution >= 4 is 35.8 Å². The molecule has 6 atom stereocenters. The van der Waals surface area contributed by atoms with Crippen molar-refractivity contribution in [1.29, 1.82) is 0 Å². The topological polar surface area (TPSA) is 228 Å². The van der Waals surface area contributed by atoms with Crippen LogP contribution in [0.5, 0.6) is 0 Å². The standard InChI is InChI=1S/C26H40N4O13/c1-15(31)29-22-20(40-17(3)33)13-26(25(36)37-6,39-12-10-8-7-9-11-28-30-27)43-24(22)23(42-19(5)35)21(41-18(4)34)14-38-16(2)32/h20-24H,7-14H2,1-6H3,(H,29,31)/t20-,21+,22+,23+,24+,26+/m0/s1. The number of ether oxygens (including phenoxy) is 7. The highest BCUT2D eigenvalue weighted by Crippen LogP contribution is 2.37. The fourth-order valence-electron chi connectivity index (χ4n) is 4.47. The SMILES string of the molecule is COC(=O)[C@@]1(OCCCCCCN=[N+]=[N-])C[C@H](OC(C)=O)[C@@H](NC(C)=O)[C@H]([C@H](OC(C)=O)[C@@H](COC(C)=O)OC(C)=O)O1. The second-order valence-electron chi connectivity index (χ2n) is 9.65. The highest BCUT2D eigenvalue weighted by atomic mass is 16.7. The quantitative estimate of drug-likeness (QED) is 0.0609. The van der Waals surface area contributed by atoms with Gasteiger partial charge >= 0.3 is 29.8 Å². The number of carbonyl (C=O) groups is 6. The lowest BCUT2D eigenvalue weighted by atomic mass is 9.88. The van der Waals surface area contributed by atoms with E-state index in [1.165, 1.54) is 6.92 Å². The van der Waals surface area contributed by atoms with Crippen LogP contribution in [0.3, 0.4) is 0 Å². The Morgan fingerprint density at radius 1 is 0.953 bits per heavy atom. The molecule has 1 amide bonds. The van der Waals surface area contributed by atoms with Crippen LogP contribution in [0.4, 0.5) is 0 Å². The maximum Gasteiger partial charge on any atom is 0.366 e. The lowest BCUT2D eigenvalue weighted by molar-refractivity contribution is -0.314. The smallest absolute Gasteiger partial charge is 0.366 e. The molecule has 1 aliphatic heterocycles. The van der Waals surface area contributed by atoms with Crippen LogP contribution in [0.1, 0.15) is 66.7 Å². The van der Waals surface area contributed by atoms with Gasteiger partial charge in [-0.3, -0.25) is 24.0 Å². The summed E-state index contributed by atoms with van der Waals surface area (Å²) in [6.07, 6.45) is -4.01. The Kier molecular flexibility index (Phi) is 16.0. The minimum atomic E-state index is -2.24. The minimum absolute atomic E-state index is 0.0417. The molecule has 1 N–H and O–H groups in total. The lowest BCUT2D eigenvalue weighted by Gasteiger charge is -2.48. The first-order chi connectivity index (χ1) is 20.3. The minimum Gasteiger partial charge on any atom is -0.465 e. The fraction of sp³-hybridized carbons (Fsp3) is 0.769. The molecule has 0 unspecified atom stereocenters. The van der Waals surface area contributed by atoms with Gasteiger partial charge in [0.2, 0.25) is 5.91 Å². The van der Waals surface area contributed by atoms with Gasteiger partial charge in [0.1, 0.15) is 18.8 Å². The Balaban J connectivity index is 3.60. The van der Waals surface area contributed by atoms with Gasteiger partial charge in [-0.25, -0.2) is 4.79 Å². The van der Waals surface area contributed by atoms with Crippen LogP contribution in [0.15, 0.2) is 5.11 Å². The summed E-state index contributed by atoms with van der Waals surface area (Å²) in [4.78, 5) is 76.2. The Morgan fingerprint density at radius 3 is 2.14 bits per heavy atom. The van der Waals surface area contributed by atoms with Crippen LogP contribution in [-0.4, -0.2) is 98.9 Å². The molecule has 0 saturated carbocycles. The van der Waals surface area contributed by atoms with E-state index in [4.69, 9.17) is 38.7 Å². The summed E-state index contributed by atoms with van der Waals surface area (Å²) in [5.74, 6) is -7.10. The summed E-state index contributed by atoms with van der Waals surface area (Å²) in [6.45, 7) is 5.19. The largest absolute Gasteiger partial charge is 0.465 e. The molecule has 0 aliphatic carbocycles. The van der Waals surface area contributed by atoms with Gasteiger partial charge in [-0.1, -0.05) is 18.0 Å². The molecule has 0 aromatic rings. The Bertz CT molecular complexity index is 1050. The van der Waals surface area contributed by atoms with Crippen LogP contribution in [-0.2, 0) is 61.9 Å². The third-order valence-corrected chi connectivity index (χ3v) is 6.05. The molecule has 0 aromatic heterocycles. The molecule has 0 aromatic carbocycles. The molecule has 0 spiro atoms. The van der Waals surface area contributed by atoms with Crippen LogP contribution in [0.2, 0.25) is 0 Å². The van der Waals surface area contributed by atoms with E-state index in [1.807, 2.05) is 0 Å². The number of nitrogens with zero attached hydrogens (tertiary/aromatic N) is 3. The van der Waals surface area contributed by atoms with Crippen LogP contribution < -0.4 is 5.32 Å². The number of azide groups is 1. The monoisotopic (exact) mass is 616 g/mol. The van der Waals surface area contributed by atoms with E-state index in [0.717, 1.165) is 34.8 Å². The van der Waals surface area contributed by atoms with Crippen molar-refractivity contribution in [3.05, 3.63) is 10.4 Å². The van der Waals surface area contributed by atoms with Crippen molar-refractivity contribution < 1.29 is 61.9 Å². The first-order valence-corrected chi connectivity index (χ1v) is 13.6. The zero-order valence-corrected chi connectivity index (χ0v) is 25.2. The van der Waals surface area contributed by atoms with E-state index in [9.17, 15) is 28.8 Å². The maximum atomic E-state index is 13.2. The lowest BCUT2D eigenvalue weighted by Crippen LogP contribution is -2.69. The van der Waals surface area contributed by atoms with Crippen molar-refractivity contribution in [2.45, 2.75) is 103 Å². The molecule has 1 aliphatic rings. The van der Waals surface area contributed by atoms with Gasteiger partial charge in [0.05, 0.1) is 26.2 Å². The van der Waals surface area contributed by atoms with Gasteiger partial charge in [0, 0.05) is 46.1 Å². The Morgan fingerprint density at radius 2 is 1.60 bits per heavy atom. The third kappa shape index (κ3) is 12.8. The number of amides is 1. The van der Waals surface area contributed by atoms with Gasteiger partial charge in [-0.15, -0.1) is 0 Å². The number of hydrogen-bond donors (Lipinski definition) is 1. The van der Waals surface area contributed by atoms with Crippen molar-refractivity contribution in [1.82, 2.24) is 5.32 Å². The van der Waals surface area contributed by atoms with E-state index < -0.39 is 85.0 Å². The van der Waals surface area contributed by atoms with Gasteiger partial charge < -0.3 is 38.5 Å². The van der Waals surface area contributed by atoms with E-state index in [-0.39, 0.29) is 6.61 Å². The second-order valence-corrected chi connectivity index (χ2v) is 9.65. The summed E-state index contributed by atoms with van der Waals surface area (Å²) in [6, 6.07) is -1.27. The predicted octanol–water partition coefficient (Wildman–Crippen LogP) is 1.39. The summed E-state index contributed by atoms with van der Waals surface area (Å²) in [5.41, 5.74) is 8.39. The summed E-state index contributed by atoms with van der Waals surface area (Å²) in [5, 5.41) is 6.06. The average Bonchev–Trinajstić information content (AvgIpc) is 2.91. The molecular weight excluding hydrogens is 576 g/mol. The van der Waals surface area contributed by atoms with E-state index in [0.29, 0.717) is 32.2 Å². The van der Waals surface area contributed by atoms with Crippen LogP contribution in [0.25, 0.3) is 10.4 Å². The first-order valence-electron chi connectivity index (χ1n) is 13.6. The Labute approximate surface area is 248 Å². The predicted molar refractivity (Wildman–Crippen MR) is 144 cm³/mol. The van der Waals surface area contributed by atoms with Crippen LogP contribution in [0, 0.1) is 0 Å². The number of nitrogens with one attached hydrogen (secondary N) is 1. The first kappa shape index (κ1) is 37.1. The number of rotatable bonds is 17. The number of esters is 5. The molecule has 0 bridgehead atoms. The molecular formula is C26H40N4O13. The maximum absolute atomic E-state index is 13.2. The molecule has 43 heavy (non-hydrogen) atoms. The number of carbonyl (C=O) groups excluding carboxylic acids is 6. The molecule has 1 saturated heterocycles. The van der Waals surface area contributed by atoms with Gasteiger partial charge in [0.15, 0.2) is 12.2 Å². The fourth-order valence-corrected chi connectivity index (χ4v) is 4.47. The van der Waals surface area contributed by atoms with Gasteiger partial charge in [-0.2, -0.15) is 0 Å². The average molecular weight is 617 g/mol. The molecule has 242 valence electrons. The molecule has 1 heterocycles. The molecule has 17 heteroatoms. The second kappa shape index (κ2) is 18.6. The van der Waals surface area contributed by atoms with Crippen molar-refractivity contribution in [3.8, 4) is 0 Å². The molecule has 0 radical (unpaired) electrons. The van der Waals surface area contributed by atoms with Crippen molar-refractivity contribution in [2.75, 3.05) is 26.9 Å². The zero-order valence-electron chi connectivity index (χ0n) is 25.2. The van der Waals surface area contributed by atoms with E-state index in [1.54, 1.807) is 0 Å². The Hall–Kier alpha value is -3.95. The highest BCUT2D eigenvalue weighted by molar-refractivity contribution is 5.79. The van der Waals surface area contributed by atoms with Gasteiger partial charge in [0.25, 0.3) is 5.79 Å². The number of unbranched alkanes of at least 4 members (excludes halogenated alkanes) is 3. The highest BCUT2D eigenvalue weighted by Gasteiger charge is 2.59. The molecule has 1 fully saturated rings. The third-order valence-electron chi connectivity index (χ3n) is 6.05. The van der Waals surface area contributed by atoms with Gasteiger partial charge in [-0.05, 0) is 18.4 Å². The van der Waals surface area contributed by atoms with Crippen molar-refractivity contribution in [2.24, 2.45) is 5.11 Å². The van der Waals surface area contributed by atoms with Crippen molar-refractivity contribution in [3.63, 3.8) is 0 Å². The van der Waals surface area contributed by atoms with E-state index >= 15 is 0 Å². The summed E-state index contributed by atoms with van der Waals surface area (Å²) < 4.78 is 38.4. The van der Waals surface area contributed by atoms with Crippen LogP contribution >= 0.6 is 0 Å². The molecule has 17 nitrogen and oxygen atoms in total. The van der Waals surface area contributed by atoms with E-state index in [2.05, 4.69) is 15.3 Å².